The van der Waals surface area contributed by atoms with Gasteiger partial charge >= 0.3 is 0 Å². The molecule has 0 saturated heterocycles. The SMILES string of the molecule is CCCCCCC1=[N+](Cc2ccc(C(C)(C)C)cc2)CCc2cc(OC)c(OC)cc21. The van der Waals surface area contributed by atoms with Gasteiger partial charge in [0.15, 0.2) is 23.8 Å². The van der Waals surface area contributed by atoms with Crippen molar-refractivity contribution in [2.24, 2.45) is 0 Å². The number of rotatable bonds is 9. The van der Waals surface area contributed by atoms with Crippen LogP contribution in [0, 0.1) is 0 Å². The Labute approximate surface area is 189 Å². The Bertz CT molecular complexity index is 904. The second-order valence-electron chi connectivity index (χ2n) is 9.74. The molecular formula is C28H40NO2+. The fourth-order valence-corrected chi connectivity index (χ4v) is 4.47. The van der Waals surface area contributed by atoms with Crippen LogP contribution in [0.5, 0.6) is 11.5 Å². The first-order valence-corrected chi connectivity index (χ1v) is 11.8. The van der Waals surface area contributed by atoms with Gasteiger partial charge in [-0.05, 0) is 35.1 Å². The summed E-state index contributed by atoms with van der Waals surface area (Å²) < 4.78 is 13.8. The van der Waals surface area contributed by atoms with Crippen LogP contribution in [0.15, 0.2) is 36.4 Å². The van der Waals surface area contributed by atoms with E-state index in [1.807, 2.05) is 0 Å². The second-order valence-corrected chi connectivity index (χ2v) is 9.74. The summed E-state index contributed by atoms with van der Waals surface area (Å²) in [5.41, 5.74) is 7.13. The van der Waals surface area contributed by atoms with E-state index in [0.717, 1.165) is 37.4 Å². The number of hydrogen-bond acceptors (Lipinski definition) is 2. The van der Waals surface area contributed by atoms with Crippen molar-refractivity contribution < 1.29 is 14.0 Å². The predicted molar refractivity (Wildman–Crippen MR) is 130 cm³/mol. The van der Waals surface area contributed by atoms with Crippen LogP contribution in [-0.4, -0.2) is 31.1 Å². The molecule has 31 heavy (non-hydrogen) atoms. The Balaban J connectivity index is 1.94. The first-order valence-electron chi connectivity index (χ1n) is 11.8. The smallest absolute Gasteiger partial charge is 0.184 e. The molecule has 0 radical (unpaired) electrons. The minimum atomic E-state index is 0.189. The first kappa shape index (κ1) is 23.4. The maximum atomic E-state index is 5.64. The van der Waals surface area contributed by atoms with Crippen LogP contribution in [-0.2, 0) is 18.4 Å². The Kier molecular flexibility index (Phi) is 7.80. The highest BCUT2D eigenvalue weighted by atomic mass is 16.5. The zero-order valence-corrected chi connectivity index (χ0v) is 20.4. The molecule has 2 aromatic rings. The van der Waals surface area contributed by atoms with Crippen LogP contribution in [0.4, 0.5) is 0 Å². The molecule has 0 amide bonds. The van der Waals surface area contributed by atoms with Crippen molar-refractivity contribution in [1.82, 2.24) is 0 Å². The second kappa shape index (κ2) is 10.3. The molecular weight excluding hydrogens is 382 g/mol. The number of methoxy groups -OCH3 is 2. The first-order chi connectivity index (χ1) is 14.9. The molecule has 0 spiro atoms. The maximum absolute atomic E-state index is 5.64. The Morgan fingerprint density at radius 3 is 2.19 bits per heavy atom. The topological polar surface area (TPSA) is 21.5 Å². The standard InChI is InChI=1S/C28H40NO2/c1-7-8-9-10-11-25-24-19-27(31-6)26(30-5)18-22(24)16-17-29(25)20-21-12-14-23(15-13-21)28(2,3)4/h12-15,18-19H,7-11,16-17,20H2,1-6H3/q+1. The molecule has 1 heterocycles. The highest BCUT2D eigenvalue weighted by molar-refractivity contribution is 5.99. The lowest BCUT2D eigenvalue weighted by Gasteiger charge is -2.22. The van der Waals surface area contributed by atoms with Crippen LogP contribution in [0.2, 0.25) is 0 Å². The summed E-state index contributed by atoms with van der Waals surface area (Å²) in [7, 11) is 3.44. The van der Waals surface area contributed by atoms with E-state index in [0.29, 0.717) is 0 Å². The van der Waals surface area contributed by atoms with E-state index >= 15 is 0 Å². The lowest BCUT2D eigenvalue weighted by molar-refractivity contribution is -0.545. The molecule has 168 valence electrons. The van der Waals surface area contributed by atoms with Crippen molar-refractivity contribution in [3.05, 3.63) is 58.7 Å². The van der Waals surface area contributed by atoms with Crippen LogP contribution >= 0.6 is 0 Å². The van der Waals surface area contributed by atoms with Gasteiger partial charge in [-0.1, -0.05) is 71.2 Å². The zero-order chi connectivity index (χ0) is 22.4. The Morgan fingerprint density at radius 1 is 0.903 bits per heavy atom. The molecule has 0 aliphatic carbocycles. The molecule has 0 fully saturated rings. The van der Waals surface area contributed by atoms with Crippen molar-refractivity contribution in [3.63, 3.8) is 0 Å². The lowest BCUT2D eigenvalue weighted by Crippen LogP contribution is -2.30. The minimum Gasteiger partial charge on any atom is -0.493 e. The Hall–Kier alpha value is -2.29. The largest absolute Gasteiger partial charge is 0.493 e. The molecule has 0 bridgehead atoms. The van der Waals surface area contributed by atoms with E-state index in [9.17, 15) is 0 Å². The van der Waals surface area contributed by atoms with E-state index in [1.54, 1.807) is 14.2 Å². The van der Waals surface area contributed by atoms with Gasteiger partial charge in [-0.25, -0.2) is 4.58 Å². The molecule has 1 aliphatic heterocycles. The van der Waals surface area contributed by atoms with Gasteiger partial charge in [0.1, 0.15) is 6.54 Å². The summed E-state index contributed by atoms with van der Waals surface area (Å²) in [6.07, 6.45) is 7.24. The molecule has 0 saturated carbocycles. The summed E-state index contributed by atoms with van der Waals surface area (Å²) >= 11 is 0. The maximum Gasteiger partial charge on any atom is 0.184 e. The quantitative estimate of drug-likeness (QED) is 0.338. The normalized spacial score (nSPS) is 13.9. The fraction of sp³-hybridized carbons (Fsp3) is 0.536. The monoisotopic (exact) mass is 422 g/mol. The van der Waals surface area contributed by atoms with E-state index in [2.05, 4.69) is 68.7 Å². The average Bonchev–Trinajstić information content (AvgIpc) is 2.76. The number of hydrogen-bond donors (Lipinski definition) is 0. The number of benzene rings is 2. The van der Waals surface area contributed by atoms with Crippen molar-refractivity contribution in [2.45, 2.75) is 78.2 Å². The summed E-state index contributed by atoms with van der Waals surface area (Å²) in [6, 6.07) is 13.6. The fourth-order valence-electron chi connectivity index (χ4n) is 4.47. The van der Waals surface area contributed by atoms with Crippen molar-refractivity contribution in [1.29, 1.82) is 0 Å². The molecule has 3 heteroatoms. The van der Waals surface area contributed by atoms with Crippen LogP contribution in [0.1, 0.15) is 82.1 Å². The third kappa shape index (κ3) is 5.70. The van der Waals surface area contributed by atoms with Gasteiger partial charge in [-0.3, -0.25) is 0 Å². The van der Waals surface area contributed by atoms with Crippen LogP contribution < -0.4 is 9.47 Å². The van der Waals surface area contributed by atoms with E-state index in [4.69, 9.17) is 9.47 Å². The summed E-state index contributed by atoms with van der Waals surface area (Å²) in [4.78, 5) is 0. The van der Waals surface area contributed by atoms with Gasteiger partial charge in [0.25, 0.3) is 0 Å². The third-order valence-electron chi connectivity index (χ3n) is 6.41. The van der Waals surface area contributed by atoms with Crippen molar-refractivity contribution in [3.8, 4) is 11.5 Å². The highest BCUT2D eigenvalue weighted by Crippen LogP contribution is 2.33. The van der Waals surface area contributed by atoms with Crippen LogP contribution in [0.3, 0.4) is 0 Å². The number of ether oxygens (including phenoxy) is 2. The third-order valence-corrected chi connectivity index (χ3v) is 6.41. The van der Waals surface area contributed by atoms with Gasteiger partial charge in [0, 0.05) is 24.0 Å². The van der Waals surface area contributed by atoms with Gasteiger partial charge in [-0.15, -0.1) is 0 Å². The number of unbranched alkanes of at least 4 members (excludes halogenated alkanes) is 3. The molecule has 0 aromatic heterocycles. The zero-order valence-electron chi connectivity index (χ0n) is 20.4. The minimum absolute atomic E-state index is 0.189. The summed E-state index contributed by atoms with van der Waals surface area (Å²) in [5.74, 6) is 1.65. The molecule has 0 atom stereocenters. The van der Waals surface area contributed by atoms with E-state index in [1.165, 1.54) is 53.6 Å². The van der Waals surface area contributed by atoms with Gasteiger partial charge in [0.2, 0.25) is 0 Å². The van der Waals surface area contributed by atoms with Crippen LogP contribution in [0.25, 0.3) is 0 Å². The van der Waals surface area contributed by atoms with Crippen molar-refractivity contribution in [2.75, 3.05) is 20.8 Å². The molecule has 0 N–H and O–H groups in total. The predicted octanol–water partition coefficient (Wildman–Crippen LogP) is 6.53. The van der Waals surface area contributed by atoms with Gasteiger partial charge < -0.3 is 9.47 Å². The van der Waals surface area contributed by atoms with Gasteiger partial charge in [0.05, 0.1) is 14.2 Å². The molecule has 3 nitrogen and oxygen atoms in total. The lowest BCUT2D eigenvalue weighted by atomic mass is 9.86. The van der Waals surface area contributed by atoms with Crippen molar-refractivity contribution >= 4 is 5.71 Å². The molecule has 3 rings (SSSR count). The van der Waals surface area contributed by atoms with E-state index in [-0.39, 0.29) is 5.41 Å². The molecule has 2 aromatic carbocycles. The average molecular weight is 423 g/mol. The molecule has 0 unspecified atom stereocenters. The van der Waals surface area contributed by atoms with E-state index < -0.39 is 0 Å². The Morgan fingerprint density at radius 2 is 1.58 bits per heavy atom. The van der Waals surface area contributed by atoms with Gasteiger partial charge in [-0.2, -0.15) is 0 Å². The summed E-state index contributed by atoms with van der Waals surface area (Å²) in [5, 5.41) is 0. The number of fused-ring (bicyclic) bond motifs is 1. The highest BCUT2D eigenvalue weighted by Gasteiger charge is 2.27. The molecule has 1 aliphatic rings. The number of nitrogens with zero attached hydrogens (tertiary/aromatic N) is 1. The summed E-state index contributed by atoms with van der Waals surface area (Å²) in [6.45, 7) is 11.1.